The van der Waals surface area contributed by atoms with Gasteiger partial charge in [0.1, 0.15) is 0 Å². The van der Waals surface area contributed by atoms with Crippen molar-refractivity contribution >= 4 is 11.9 Å². The fourth-order valence-electron chi connectivity index (χ4n) is 3.03. The highest BCUT2D eigenvalue weighted by molar-refractivity contribution is 5.78. The summed E-state index contributed by atoms with van der Waals surface area (Å²) in [6.45, 7) is 2.38. The van der Waals surface area contributed by atoms with Gasteiger partial charge in [0.2, 0.25) is 0 Å². The summed E-state index contributed by atoms with van der Waals surface area (Å²) in [6, 6.07) is 5.83. The number of methoxy groups -OCH3 is 1. The Hall–Kier alpha value is -2.49. The third-order valence-electron chi connectivity index (χ3n) is 4.48. The number of nitrogens with zero attached hydrogens (tertiary/aromatic N) is 2. The molecule has 29 heavy (non-hydrogen) atoms. The number of amides is 1. The molecule has 10 heteroatoms. The zero-order valence-corrected chi connectivity index (χ0v) is 16.4. The molecule has 0 aliphatic carbocycles. The van der Waals surface area contributed by atoms with Gasteiger partial charge in [0.25, 0.3) is 5.91 Å². The number of hydrogen-bond acceptors (Lipinski definition) is 6. The molecule has 1 aliphatic rings. The zero-order valence-electron chi connectivity index (χ0n) is 16.4. The molecule has 1 fully saturated rings. The molecule has 2 rings (SSSR count). The van der Waals surface area contributed by atoms with Crippen molar-refractivity contribution in [2.75, 3.05) is 46.5 Å². The van der Waals surface area contributed by atoms with Gasteiger partial charge in [-0.2, -0.15) is 13.2 Å². The fourth-order valence-corrected chi connectivity index (χ4v) is 3.03. The lowest BCUT2D eigenvalue weighted by Crippen LogP contribution is -2.55. The summed E-state index contributed by atoms with van der Waals surface area (Å²) >= 11 is 0. The lowest BCUT2D eigenvalue weighted by atomic mass is 10.2. The second kappa shape index (κ2) is 10.3. The van der Waals surface area contributed by atoms with Crippen LogP contribution < -0.4 is 9.47 Å². The molecule has 7 nitrogen and oxygen atoms in total. The average molecular weight is 418 g/mol. The first-order valence-electron chi connectivity index (χ1n) is 9.19. The van der Waals surface area contributed by atoms with Crippen molar-refractivity contribution < 1.29 is 37.0 Å². The minimum Gasteiger partial charge on any atom is -0.480 e. The summed E-state index contributed by atoms with van der Waals surface area (Å²) < 4.78 is 51.9. The molecule has 1 amide bonds. The van der Waals surface area contributed by atoms with E-state index in [2.05, 4.69) is 9.64 Å². The van der Waals surface area contributed by atoms with Crippen molar-refractivity contribution in [3.8, 4) is 11.5 Å². The van der Waals surface area contributed by atoms with Crippen LogP contribution in [0.15, 0.2) is 24.3 Å². The summed E-state index contributed by atoms with van der Waals surface area (Å²) in [4.78, 5) is 27.5. The van der Waals surface area contributed by atoms with E-state index in [4.69, 9.17) is 9.47 Å². The van der Waals surface area contributed by atoms with Crippen LogP contribution in [0, 0.1) is 0 Å². The average Bonchev–Trinajstić information content (AvgIpc) is 2.68. The Labute approximate surface area is 167 Å². The van der Waals surface area contributed by atoms with Crippen LogP contribution in [0.5, 0.6) is 11.5 Å². The number of ether oxygens (including phenoxy) is 3. The summed E-state index contributed by atoms with van der Waals surface area (Å²) in [6.07, 6.45) is -4.18. The number of carbonyl (C=O) groups is 2. The summed E-state index contributed by atoms with van der Waals surface area (Å²) in [5, 5.41) is 0. The topological polar surface area (TPSA) is 68.3 Å². The standard InChI is InChI=1S/C19H25F3N2O5/c1-14-11-23(8-7-18(26)27-2)9-10-24(14)17(25)12-28-15-5-3-4-6-16(15)29-13-19(20,21)22/h3-6,14H,7-13H2,1-2H3/t14-/m0/s1. The van der Waals surface area contributed by atoms with Crippen molar-refractivity contribution in [3.05, 3.63) is 24.3 Å². The van der Waals surface area contributed by atoms with Gasteiger partial charge in [-0.05, 0) is 19.1 Å². The lowest BCUT2D eigenvalue weighted by molar-refractivity contribution is -0.153. The Morgan fingerprint density at radius 2 is 1.79 bits per heavy atom. The van der Waals surface area contributed by atoms with Crippen molar-refractivity contribution in [2.24, 2.45) is 0 Å². The molecule has 162 valence electrons. The first-order chi connectivity index (χ1) is 13.7. The van der Waals surface area contributed by atoms with Gasteiger partial charge in [-0.15, -0.1) is 0 Å². The molecule has 0 unspecified atom stereocenters. The van der Waals surface area contributed by atoms with Crippen molar-refractivity contribution in [1.82, 2.24) is 9.80 Å². The van der Waals surface area contributed by atoms with E-state index in [0.29, 0.717) is 26.2 Å². The van der Waals surface area contributed by atoms with Crippen molar-refractivity contribution in [3.63, 3.8) is 0 Å². The maximum atomic E-state index is 12.5. The summed E-state index contributed by atoms with van der Waals surface area (Å²) in [5.74, 6) is -0.542. The molecule has 1 atom stereocenters. The molecule has 0 aromatic heterocycles. The number of rotatable bonds is 8. The van der Waals surface area contributed by atoms with Gasteiger partial charge in [-0.25, -0.2) is 0 Å². The molecule has 1 aromatic rings. The van der Waals surface area contributed by atoms with Gasteiger partial charge in [-0.1, -0.05) is 12.1 Å². The minimum atomic E-state index is -4.47. The Balaban J connectivity index is 1.85. The quantitative estimate of drug-likeness (QED) is 0.603. The predicted molar refractivity (Wildman–Crippen MR) is 97.7 cm³/mol. The largest absolute Gasteiger partial charge is 0.480 e. The third-order valence-corrected chi connectivity index (χ3v) is 4.48. The highest BCUT2D eigenvalue weighted by Gasteiger charge is 2.30. The van der Waals surface area contributed by atoms with E-state index < -0.39 is 12.8 Å². The number of carbonyl (C=O) groups excluding carboxylic acids is 2. The van der Waals surface area contributed by atoms with Crippen LogP contribution in [0.4, 0.5) is 13.2 Å². The van der Waals surface area contributed by atoms with Gasteiger partial charge in [0, 0.05) is 32.2 Å². The van der Waals surface area contributed by atoms with Crippen LogP contribution in [-0.2, 0) is 14.3 Å². The van der Waals surface area contributed by atoms with Gasteiger partial charge >= 0.3 is 12.1 Å². The van der Waals surface area contributed by atoms with Crippen LogP contribution in [0.1, 0.15) is 13.3 Å². The number of alkyl halides is 3. The Bertz CT molecular complexity index is 699. The molecule has 0 radical (unpaired) electrons. The van der Waals surface area contributed by atoms with Crippen LogP contribution >= 0.6 is 0 Å². The predicted octanol–water partition coefficient (Wildman–Crippen LogP) is 2.10. The normalized spacial score (nSPS) is 17.7. The van der Waals surface area contributed by atoms with Gasteiger partial charge in [-0.3, -0.25) is 14.5 Å². The van der Waals surface area contributed by atoms with E-state index in [1.54, 1.807) is 11.0 Å². The van der Waals surface area contributed by atoms with Crippen LogP contribution in [-0.4, -0.2) is 80.4 Å². The molecule has 0 saturated carbocycles. The fraction of sp³-hybridized carbons (Fsp3) is 0.579. The zero-order chi connectivity index (χ0) is 21.4. The van der Waals surface area contributed by atoms with Crippen molar-refractivity contribution in [2.45, 2.75) is 25.6 Å². The summed E-state index contributed by atoms with van der Waals surface area (Å²) in [7, 11) is 1.34. The van der Waals surface area contributed by atoms with Gasteiger partial charge < -0.3 is 19.1 Å². The first-order valence-corrected chi connectivity index (χ1v) is 9.19. The number of benzene rings is 1. The van der Waals surface area contributed by atoms with Gasteiger partial charge in [0.05, 0.1) is 13.5 Å². The molecule has 0 N–H and O–H groups in total. The third kappa shape index (κ3) is 7.45. The molecule has 1 aliphatic heterocycles. The van der Waals surface area contributed by atoms with Gasteiger partial charge in [0.15, 0.2) is 24.7 Å². The number of piperazine rings is 1. The monoisotopic (exact) mass is 418 g/mol. The van der Waals surface area contributed by atoms with E-state index in [-0.39, 0.29) is 42.4 Å². The number of halogens is 3. The molecule has 1 heterocycles. The molecular formula is C19H25F3N2O5. The van der Waals surface area contributed by atoms with Crippen LogP contribution in [0.25, 0.3) is 0 Å². The smallest absolute Gasteiger partial charge is 0.422 e. The Morgan fingerprint density at radius 1 is 1.14 bits per heavy atom. The molecular weight excluding hydrogens is 393 g/mol. The summed E-state index contributed by atoms with van der Waals surface area (Å²) in [5.41, 5.74) is 0. The van der Waals surface area contributed by atoms with Crippen LogP contribution in [0.2, 0.25) is 0 Å². The van der Waals surface area contributed by atoms with E-state index in [9.17, 15) is 22.8 Å². The molecule has 1 aromatic carbocycles. The number of hydrogen-bond donors (Lipinski definition) is 0. The maximum Gasteiger partial charge on any atom is 0.422 e. The number of para-hydroxylation sites is 2. The van der Waals surface area contributed by atoms with Crippen molar-refractivity contribution in [1.29, 1.82) is 0 Å². The van der Waals surface area contributed by atoms with E-state index >= 15 is 0 Å². The Kier molecular flexibility index (Phi) is 8.12. The Morgan fingerprint density at radius 3 is 2.38 bits per heavy atom. The number of esters is 1. The second-order valence-electron chi connectivity index (χ2n) is 6.70. The highest BCUT2D eigenvalue weighted by atomic mass is 19.4. The van der Waals surface area contributed by atoms with E-state index in [0.717, 1.165) is 0 Å². The lowest BCUT2D eigenvalue weighted by Gasteiger charge is -2.39. The highest BCUT2D eigenvalue weighted by Crippen LogP contribution is 2.28. The van der Waals surface area contributed by atoms with E-state index in [1.807, 2.05) is 6.92 Å². The van der Waals surface area contributed by atoms with E-state index in [1.165, 1.54) is 25.3 Å². The minimum absolute atomic E-state index is 0.0710. The molecule has 0 spiro atoms. The second-order valence-corrected chi connectivity index (χ2v) is 6.70. The maximum absolute atomic E-state index is 12.5. The molecule has 1 saturated heterocycles. The van der Waals surface area contributed by atoms with Crippen LogP contribution in [0.3, 0.4) is 0 Å². The first kappa shape index (κ1) is 22.8. The molecule has 0 bridgehead atoms. The SMILES string of the molecule is COC(=O)CCN1CCN(C(=O)COc2ccccc2OCC(F)(F)F)[C@@H](C)C1.